The molecule has 1 saturated carbocycles. The summed E-state index contributed by atoms with van der Waals surface area (Å²) >= 11 is 0. The highest BCUT2D eigenvalue weighted by atomic mass is 19.1. The lowest BCUT2D eigenvalue weighted by atomic mass is 9.92. The monoisotopic (exact) mass is 313 g/mol. The van der Waals surface area contributed by atoms with Gasteiger partial charge in [0.05, 0.1) is 17.3 Å². The van der Waals surface area contributed by atoms with Crippen LogP contribution in [-0.4, -0.2) is 27.5 Å². The maximum absolute atomic E-state index is 13.6. The lowest BCUT2D eigenvalue weighted by Gasteiger charge is -2.35. The summed E-state index contributed by atoms with van der Waals surface area (Å²) in [5, 5.41) is 7.31. The van der Waals surface area contributed by atoms with Crippen molar-refractivity contribution in [1.29, 1.82) is 0 Å². The number of aromatic amines is 1. The normalized spacial score (nSPS) is 20.5. The van der Waals surface area contributed by atoms with E-state index in [1.165, 1.54) is 6.07 Å². The van der Waals surface area contributed by atoms with Crippen molar-refractivity contribution in [3.05, 3.63) is 52.1 Å². The van der Waals surface area contributed by atoms with Crippen molar-refractivity contribution in [1.82, 2.24) is 15.1 Å². The van der Waals surface area contributed by atoms with Gasteiger partial charge >= 0.3 is 0 Å². The van der Waals surface area contributed by atoms with Crippen molar-refractivity contribution >= 4 is 5.91 Å². The molecule has 0 spiro atoms. The van der Waals surface area contributed by atoms with Crippen LogP contribution in [0.25, 0.3) is 0 Å². The van der Waals surface area contributed by atoms with E-state index in [-0.39, 0.29) is 17.8 Å². The number of benzene rings is 1. The molecular formula is C18H20FN3O. The van der Waals surface area contributed by atoms with Crippen molar-refractivity contribution in [2.45, 2.75) is 45.1 Å². The predicted molar refractivity (Wildman–Crippen MR) is 84.9 cm³/mol. The van der Waals surface area contributed by atoms with E-state index in [1.807, 2.05) is 24.8 Å². The molecule has 1 atom stereocenters. The number of nitrogens with one attached hydrogen (secondary N) is 1. The molecule has 2 aliphatic rings. The van der Waals surface area contributed by atoms with Gasteiger partial charge in [0.2, 0.25) is 0 Å². The van der Waals surface area contributed by atoms with Gasteiger partial charge in [-0.1, -0.05) is 6.07 Å². The Kier molecular flexibility index (Phi) is 3.25. The van der Waals surface area contributed by atoms with Gasteiger partial charge in [-0.2, -0.15) is 5.10 Å². The third-order valence-electron chi connectivity index (χ3n) is 5.06. The van der Waals surface area contributed by atoms with Crippen LogP contribution in [-0.2, 0) is 6.42 Å². The van der Waals surface area contributed by atoms with Gasteiger partial charge in [-0.05, 0) is 56.4 Å². The Labute approximate surface area is 134 Å². The molecule has 1 fully saturated rings. The molecule has 1 unspecified atom stereocenters. The zero-order valence-corrected chi connectivity index (χ0v) is 13.4. The smallest absolute Gasteiger partial charge is 0.258 e. The first-order chi connectivity index (χ1) is 11.1. The first-order valence-corrected chi connectivity index (χ1v) is 8.20. The maximum atomic E-state index is 13.6. The van der Waals surface area contributed by atoms with Crippen LogP contribution in [0.5, 0.6) is 0 Å². The predicted octanol–water partition coefficient (Wildman–Crippen LogP) is 3.49. The van der Waals surface area contributed by atoms with Crippen molar-refractivity contribution < 1.29 is 9.18 Å². The van der Waals surface area contributed by atoms with E-state index < -0.39 is 0 Å². The van der Waals surface area contributed by atoms with Gasteiger partial charge in [-0.25, -0.2) is 4.39 Å². The molecule has 2 aromatic rings. The summed E-state index contributed by atoms with van der Waals surface area (Å²) in [6.07, 6.45) is 2.98. The van der Waals surface area contributed by atoms with E-state index in [0.717, 1.165) is 47.3 Å². The molecule has 5 heteroatoms. The molecule has 4 nitrogen and oxygen atoms in total. The summed E-state index contributed by atoms with van der Waals surface area (Å²) in [5.41, 5.74) is 4.51. The third-order valence-corrected chi connectivity index (χ3v) is 5.06. The lowest BCUT2D eigenvalue weighted by Crippen LogP contribution is -2.39. The number of aryl methyl sites for hydroxylation is 1. The fourth-order valence-corrected chi connectivity index (χ4v) is 3.58. The Morgan fingerprint density at radius 1 is 1.39 bits per heavy atom. The van der Waals surface area contributed by atoms with E-state index in [4.69, 9.17) is 0 Å². The Bertz CT molecular complexity index is 779. The van der Waals surface area contributed by atoms with Gasteiger partial charge < -0.3 is 4.90 Å². The van der Waals surface area contributed by atoms with Crippen LogP contribution in [0.3, 0.4) is 0 Å². The number of hydrogen-bond donors (Lipinski definition) is 1. The molecule has 0 bridgehead atoms. The van der Waals surface area contributed by atoms with E-state index in [2.05, 4.69) is 10.2 Å². The Morgan fingerprint density at radius 2 is 2.17 bits per heavy atom. The topological polar surface area (TPSA) is 49.0 Å². The molecule has 0 radical (unpaired) electrons. The van der Waals surface area contributed by atoms with Gasteiger partial charge in [0.1, 0.15) is 5.82 Å². The molecule has 1 aromatic carbocycles. The number of hydrogen-bond acceptors (Lipinski definition) is 2. The molecule has 1 aliphatic heterocycles. The zero-order chi connectivity index (χ0) is 16.1. The van der Waals surface area contributed by atoms with Crippen LogP contribution < -0.4 is 0 Å². The van der Waals surface area contributed by atoms with Gasteiger partial charge in [-0.15, -0.1) is 0 Å². The number of halogens is 1. The van der Waals surface area contributed by atoms with E-state index in [0.29, 0.717) is 12.5 Å². The number of fused-ring (bicyclic) bond motifs is 1. The highest BCUT2D eigenvalue weighted by Crippen LogP contribution is 2.42. The molecule has 4 rings (SSSR count). The Hall–Kier alpha value is -2.17. The number of aromatic nitrogens is 2. The third kappa shape index (κ3) is 2.35. The maximum Gasteiger partial charge on any atom is 0.258 e. The molecular weight excluding hydrogens is 293 g/mol. The van der Waals surface area contributed by atoms with Crippen LogP contribution >= 0.6 is 0 Å². The Balaban J connectivity index is 1.69. The van der Waals surface area contributed by atoms with E-state index >= 15 is 0 Å². The molecule has 2 heterocycles. The van der Waals surface area contributed by atoms with Crippen LogP contribution in [0.2, 0.25) is 0 Å². The summed E-state index contributed by atoms with van der Waals surface area (Å²) in [6.45, 7) is 4.53. The second kappa shape index (κ2) is 5.18. The average molecular weight is 313 g/mol. The largest absolute Gasteiger partial charge is 0.331 e. The number of carbonyl (C=O) groups is 1. The van der Waals surface area contributed by atoms with E-state index in [9.17, 15) is 9.18 Å². The second-order valence-electron chi connectivity index (χ2n) is 6.65. The number of nitrogens with zero attached hydrogens (tertiary/aromatic N) is 2. The minimum atomic E-state index is -0.247. The van der Waals surface area contributed by atoms with Gasteiger partial charge in [0.15, 0.2) is 0 Å². The quantitative estimate of drug-likeness (QED) is 0.922. The fraction of sp³-hybridized carbons (Fsp3) is 0.444. The number of H-pyrrole nitrogens is 1. The van der Waals surface area contributed by atoms with Gasteiger partial charge in [0, 0.05) is 18.2 Å². The Morgan fingerprint density at radius 3 is 2.91 bits per heavy atom. The van der Waals surface area contributed by atoms with Crippen molar-refractivity contribution in [2.24, 2.45) is 0 Å². The van der Waals surface area contributed by atoms with Gasteiger partial charge in [0.25, 0.3) is 5.91 Å². The van der Waals surface area contributed by atoms with Crippen LogP contribution in [0, 0.1) is 12.7 Å². The fourth-order valence-electron chi connectivity index (χ4n) is 3.58. The SMILES string of the molecule is Cc1[nH]nc(C2CC2)c1C(=O)N1CCc2ccc(F)cc2C1C. The molecule has 23 heavy (non-hydrogen) atoms. The summed E-state index contributed by atoms with van der Waals surface area (Å²) < 4.78 is 13.6. The molecule has 1 aliphatic carbocycles. The van der Waals surface area contributed by atoms with Crippen molar-refractivity contribution in [3.8, 4) is 0 Å². The van der Waals surface area contributed by atoms with Crippen LogP contribution in [0.15, 0.2) is 18.2 Å². The van der Waals surface area contributed by atoms with Gasteiger partial charge in [-0.3, -0.25) is 9.89 Å². The highest BCUT2D eigenvalue weighted by Gasteiger charge is 2.36. The van der Waals surface area contributed by atoms with E-state index in [1.54, 1.807) is 6.07 Å². The summed E-state index contributed by atoms with van der Waals surface area (Å²) in [7, 11) is 0. The van der Waals surface area contributed by atoms with Crippen LogP contribution in [0.4, 0.5) is 4.39 Å². The molecule has 0 saturated heterocycles. The standard InChI is InChI=1S/C18H20FN3O/c1-10-16(17(21-20-10)13-3-4-13)18(23)22-8-7-12-5-6-14(19)9-15(12)11(22)2/h5-6,9,11,13H,3-4,7-8H2,1-2H3,(H,20,21). The van der Waals surface area contributed by atoms with Crippen molar-refractivity contribution in [3.63, 3.8) is 0 Å². The summed E-state index contributed by atoms with van der Waals surface area (Å²) in [6, 6.07) is 4.77. The zero-order valence-electron chi connectivity index (χ0n) is 13.4. The molecule has 1 amide bonds. The number of carbonyl (C=O) groups excluding carboxylic acids is 1. The first-order valence-electron chi connectivity index (χ1n) is 8.20. The lowest BCUT2D eigenvalue weighted by molar-refractivity contribution is 0.0675. The highest BCUT2D eigenvalue weighted by molar-refractivity contribution is 5.97. The molecule has 1 N–H and O–H groups in total. The van der Waals surface area contributed by atoms with Crippen molar-refractivity contribution in [2.75, 3.05) is 6.54 Å². The number of rotatable bonds is 2. The minimum Gasteiger partial charge on any atom is -0.331 e. The summed E-state index contributed by atoms with van der Waals surface area (Å²) in [4.78, 5) is 15.0. The second-order valence-corrected chi connectivity index (χ2v) is 6.65. The average Bonchev–Trinajstić information content (AvgIpc) is 3.30. The molecule has 120 valence electrons. The first kappa shape index (κ1) is 14.4. The number of amides is 1. The summed E-state index contributed by atoms with van der Waals surface area (Å²) in [5.74, 6) is 0.187. The van der Waals surface area contributed by atoms with Crippen LogP contribution in [0.1, 0.15) is 64.6 Å². The molecule has 1 aromatic heterocycles. The minimum absolute atomic E-state index is 0.0144.